The molecule has 0 saturated heterocycles. The van der Waals surface area contributed by atoms with Crippen LogP contribution in [0.25, 0.3) is 22.3 Å². The number of anilines is 2. The van der Waals surface area contributed by atoms with Crippen molar-refractivity contribution in [3.8, 4) is 22.3 Å². The first-order valence-corrected chi connectivity index (χ1v) is 18.0. The van der Waals surface area contributed by atoms with Gasteiger partial charge in [0.25, 0.3) is 0 Å². The zero-order valence-electron chi connectivity index (χ0n) is 30.6. The summed E-state index contributed by atoms with van der Waals surface area (Å²) in [5, 5.41) is 5.84. The van der Waals surface area contributed by atoms with Crippen LogP contribution in [0.1, 0.15) is 72.1 Å². The van der Waals surface area contributed by atoms with E-state index in [1.165, 1.54) is 14.2 Å². The van der Waals surface area contributed by atoms with E-state index in [0.717, 1.165) is 78.7 Å². The molecule has 10 heteroatoms. The summed E-state index contributed by atoms with van der Waals surface area (Å²) in [6, 6.07) is 29.8. The summed E-state index contributed by atoms with van der Waals surface area (Å²) in [6.45, 7) is 1.06. The Bertz CT molecular complexity index is 1690. The Morgan fingerprint density at radius 1 is 0.519 bits per heavy atom. The molecule has 0 aliphatic rings. The van der Waals surface area contributed by atoms with Crippen LogP contribution >= 0.6 is 11.6 Å². The predicted octanol–water partition coefficient (Wildman–Crippen LogP) is 9.08. The number of nitrogens with zero attached hydrogens (tertiary/aromatic N) is 1. The molecule has 2 amide bonds. The van der Waals surface area contributed by atoms with Crippen molar-refractivity contribution in [2.45, 2.75) is 51.4 Å². The highest BCUT2D eigenvalue weighted by Gasteiger charge is 2.08. The van der Waals surface area contributed by atoms with E-state index in [1.54, 1.807) is 24.3 Å². The van der Waals surface area contributed by atoms with Crippen LogP contribution in [-0.4, -0.2) is 69.4 Å². The standard InChI is InChI=1S/C22H28N2O3.C20H22ClNO3/c1-24(2)16-6-4-5-7-21(25)23-20-14-12-18(13-15-20)17-8-10-19(11-9-17)22(26)27-3;1-25-20(24)17-8-6-15(7-9-17)16-10-12-18(13-11-16)22-19(23)5-3-2-4-14-21/h8-15H,4-7,16H2,1-3H3,(H,23,25);6-13H,2-5,14H2,1H3,(H,22,23). The second kappa shape index (κ2) is 22.7. The second-order valence-electron chi connectivity index (χ2n) is 12.5. The van der Waals surface area contributed by atoms with Crippen LogP contribution in [0.3, 0.4) is 0 Å². The molecule has 4 aromatic rings. The average molecular weight is 728 g/mol. The third-order valence-electron chi connectivity index (χ3n) is 8.16. The van der Waals surface area contributed by atoms with Crippen LogP contribution in [-0.2, 0) is 19.1 Å². The lowest BCUT2D eigenvalue weighted by Gasteiger charge is -2.09. The fourth-order valence-corrected chi connectivity index (χ4v) is 5.41. The minimum absolute atomic E-state index is 0.0183. The molecule has 276 valence electrons. The Morgan fingerprint density at radius 3 is 1.19 bits per heavy atom. The molecule has 0 bridgehead atoms. The van der Waals surface area contributed by atoms with Crippen molar-refractivity contribution in [1.29, 1.82) is 0 Å². The Labute approximate surface area is 312 Å². The lowest BCUT2D eigenvalue weighted by molar-refractivity contribution is -0.117. The van der Waals surface area contributed by atoms with Gasteiger partial charge in [0, 0.05) is 30.1 Å². The van der Waals surface area contributed by atoms with Gasteiger partial charge in [-0.05, 0) is 117 Å². The molecule has 0 unspecified atom stereocenters. The molecule has 0 radical (unpaired) electrons. The molecule has 0 saturated carbocycles. The Hall–Kier alpha value is -4.99. The molecule has 0 aliphatic heterocycles. The third kappa shape index (κ3) is 14.7. The highest BCUT2D eigenvalue weighted by molar-refractivity contribution is 6.17. The Morgan fingerprint density at radius 2 is 0.865 bits per heavy atom. The highest BCUT2D eigenvalue weighted by atomic mass is 35.5. The summed E-state index contributed by atoms with van der Waals surface area (Å²) >= 11 is 5.62. The summed E-state index contributed by atoms with van der Waals surface area (Å²) in [7, 11) is 6.85. The van der Waals surface area contributed by atoms with Gasteiger partial charge in [-0.15, -0.1) is 11.6 Å². The summed E-state index contributed by atoms with van der Waals surface area (Å²) in [4.78, 5) is 49.0. The first-order valence-electron chi connectivity index (χ1n) is 17.5. The van der Waals surface area contributed by atoms with Crippen LogP contribution in [0, 0.1) is 0 Å². The van der Waals surface area contributed by atoms with Crippen molar-refractivity contribution in [3.63, 3.8) is 0 Å². The smallest absolute Gasteiger partial charge is 0.337 e. The van der Waals surface area contributed by atoms with E-state index in [1.807, 2.05) is 72.8 Å². The molecule has 0 aliphatic carbocycles. The summed E-state index contributed by atoms with van der Waals surface area (Å²) in [5.74, 6) is 0.0146. The fourth-order valence-electron chi connectivity index (χ4n) is 5.22. The number of benzene rings is 4. The molecule has 0 aromatic heterocycles. The normalized spacial score (nSPS) is 10.5. The largest absolute Gasteiger partial charge is 0.465 e. The Balaban J connectivity index is 0.000000281. The van der Waals surface area contributed by atoms with Crippen LogP contribution < -0.4 is 10.6 Å². The van der Waals surface area contributed by atoms with E-state index < -0.39 is 0 Å². The van der Waals surface area contributed by atoms with Crippen molar-refractivity contribution in [3.05, 3.63) is 108 Å². The number of ether oxygens (including phenoxy) is 2. The minimum atomic E-state index is -0.351. The monoisotopic (exact) mass is 727 g/mol. The fraction of sp³-hybridized carbons (Fsp3) is 0.333. The molecule has 2 N–H and O–H groups in total. The van der Waals surface area contributed by atoms with Gasteiger partial charge in [-0.3, -0.25) is 9.59 Å². The number of halogens is 1. The van der Waals surface area contributed by atoms with E-state index >= 15 is 0 Å². The van der Waals surface area contributed by atoms with E-state index in [-0.39, 0.29) is 23.8 Å². The lowest BCUT2D eigenvalue weighted by Crippen LogP contribution is -2.13. The molecule has 9 nitrogen and oxygen atoms in total. The highest BCUT2D eigenvalue weighted by Crippen LogP contribution is 2.24. The van der Waals surface area contributed by atoms with Crippen LogP contribution in [0.2, 0.25) is 0 Å². The van der Waals surface area contributed by atoms with E-state index in [4.69, 9.17) is 21.1 Å². The van der Waals surface area contributed by atoms with Gasteiger partial charge in [0.05, 0.1) is 25.3 Å². The zero-order valence-corrected chi connectivity index (χ0v) is 31.3. The van der Waals surface area contributed by atoms with Crippen molar-refractivity contribution >= 4 is 46.7 Å². The molecule has 0 heterocycles. The number of amides is 2. The number of carbonyl (C=O) groups is 4. The van der Waals surface area contributed by atoms with Gasteiger partial charge < -0.3 is 25.0 Å². The number of esters is 2. The van der Waals surface area contributed by atoms with E-state index in [2.05, 4.69) is 29.6 Å². The second-order valence-corrected chi connectivity index (χ2v) is 12.9. The van der Waals surface area contributed by atoms with Crippen molar-refractivity contribution in [1.82, 2.24) is 4.90 Å². The third-order valence-corrected chi connectivity index (χ3v) is 8.43. The minimum Gasteiger partial charge on any atom is -0.465 e. The quantitative estimate of drug-likeness (QED) is 0.0634. The van der Waals surface area contributed by atoms with Crippen LogP contribution in [0.4, 0.5) is 11.4 Å². The molecular weight excluding hydrogens is 678 g/mol. The number of methoxy groups -OCH3 is 2. The van der Waals surface area contributed by atoms with Gasteiger partial charge in [-0.1, -0.05) is 61.4 Å². The van der Waals surface area contributed by atoms with Crippen molar-refractivity contribution in [2.75, 3.05) is 51.4 Å². The molecule has 0 spiro atoms. The number of carbonyl (C=O) groups excluding carboxylic acids is 4. The van der Waals surface area contributed by atoms with E-state index in [0.29, 0.717) is 29.8 Å². The topological polar surface area (TPSA) is 114 Å². The predicted molar refractivity (Wildman–Crippen MR) is 210 cm³/mol. The number of nitrogens with one attached hydrogen (secondary N) is 2. The number of unbranched alkanes of at least 4 members (excludes halogenated alkanes) is 4. The van der Waals surface area contributed by atoms with Gasteiger partial charge in [0.2, 0.25) is 11.8 Å². The average Bonchev–Trinajstić information content (AvgIpc) is 3.16. The van der Waals surface area contributed by atoms with Gasteiger partial charge in [-0.2, -0.15) is 0 Å². The maximum atomic E-state index is 12.0. The van der Waals surface area contributed by atoms with Gasteiger partial charge in [0.1, 0.15) is 0 Å². The number of hydrogen-bond acceptors (Lipinski definition) is 7. The Kier molecular flexibility index (Phi) is 18.1. The lowest BCUT2D eigenvalue weighted by atomic mass is 10.0. The molecule has 0 atom stereocenters. The number of hydrogen-bond donors (Lipinski definition) is 2. The first kappa shape index (κ1) is 41.4. The molecule has 4 rings (SSSR count). The molecule has 4 aromatic carbocycles. The zero-order chi connectivity index (χ0) is 37.7. The van der Waals surface area contributed by atoms with E-state index in [9.17, 15) is 19.2 Å². The molecular formula is C42H50ClN3O6. The van der Waals surface area contributed by atoms with Crippen molar-refractivity contribution < 1.29 is 28.7 Å². The van der Waals surface area contributed by atoms with Gasteiger partial charge in [0.15, 0.2) is 0 Å². The maximum absolute atomic E-state index is 12.0. The molecule has 0 fully saturated rings. The van der Waals surface area contributed by atoms with Crippen LogP contribution in [0.5, 0.6) is 0 Å². The summed E-state index contributed by atoms with van der Waals surface area (Å²) < 4.78 is 9.40. The van der Waals surface area contributed by atoms with Gasteiger partial charge in [-0.25, -0.2) is 9.59 Å². The maximum Gasteiger partial charge on any atom is 0.337 e. The summed E-state index contributed by atoms with van der Waals surface area (Å²) in [6.07, 6.45) is 6.90. The number of alkyl halides is 1. The summed E-state index contributed by atoms with van der Waals surface area (Å²) in [5.41, 5.74) is 6.64. The SMILES string of the molecule is COC(=O)c1ccc(-c2ccc(NC(=O)CCCCCCl)cc2)cc1.COC(=O)c1ccc(-c2ccc(NC(=O)CCCCCN(C)C)cc2)cc1. The first-order chi connectivity index (χ1) is 25.1. The number of rotatable bonds is 17. The van der Waals surface area contributed by atoms with Crippen molar-refractivity contribution in [2.24, 2.45) is 0 Å². The van der Waals surface area contributed by atoms with Gasteiger partial charge >= 0.3 is 11.9 Å². The molecule has 52 heavy (non-hydrogen) atoms. The van der Waals surface area contributed by atoms with Crippen LogP contribution in [0.15, 0.2) is 97.1 Å².